The molecule has 0 heterocycles. The monoisotopic (exact) mass is 185 g/mol. The van der Waals surface area contributed by atoms with Crippen LogP contribution in [-0.4, -0.2) is 23.7 Å². The number of carbonyl (C=O) groups is 1. The van der Waals surface area contributed by atoms with Crippen molar-refractivity contribution in [3.05, 3.63) is 24.8 Å². The van der Waals surface area contributed by atoms with Crippen LogP contribution in [0.4, 0.5) is 0 Å². The summed E-state index contributed by atoms with van der Waals surface area (Å²) in [6, 6.07) is 0. The Labute approximate surface area is 77.9 Å². The van der Waals surface area contributed by atoms with Gasteiger partial charge in [-0.05, 0) is 6.92 Å². The highest BCUT2D eigenvalue weighted by Gasteiger charge is 2.10. The number of amides is 1. The van der Waals surface area contributed by atoms with E-state index >= 15 is 0 Å². The van der Waals surface area contributed by atoms with Gasteiger partial charge in [0.1, 0.15) is 0 Å². The molecule has 0 bridgehead atoms. The minimum absolute atomic E-state index is 0.0352. The van der Waals surface area contributed by atoms with Gasteiger partial charge in [0.2, 0.25) is 5.91 Å². The van der Waals surface area contributed by atoms with Gasteiger partial charge >= 0.3 is 0 Å². The molecule has 1 atom stereocenters. The van der Waals surface area contributed by atoms with Gasteiger partial charge in [-0.25, -0.2) is 5.48 Å². The van der Waals surface area contributed by atoms with Gasteiger partial charge in [-0.15, -0.1) is 6.58 Å². The third-order valence-electron chi connectivity index (χ3n) is 1.33. The van der Waals surface area contributed by atoms with Crippen molar-refractivity contribution in [2.45, 2.75) is 19.4 Å². The predicted molar refractivity (Wildman–Crippen MR) is 49.7 cm³/mol. The number of aliphatic hydroxyl groups excluding tert-OH is 1. The number of rotatable bonds is 6. The quantitative estimate of drug-likeness (QED) is 0.361. The third kappa shape index (κ3) is 6.07. The van der Waals surface area contributed by atoms with E-state index < -0.39 is 6.10 Å². The van der Waals surface area contributed by atoms with Gasteiger partial charge in [-0.3, -0.25) is 9.63 Å². The molecule has 4 heteroatoms. The van der Waals surface area contributed by atoms with Crippen molar-refractivity contribution in [2.24, 2.45) is 0 Å². The smallest absolute Gasteiger partial charge is 0.246 e. The lowest BCUT2D eigenvalue weighted by Crippen LogP contribution is -2.27. The van der Waals surface area contributed by atoms with Gasteiger partial charge in [0.05, 0.1) is 19.1 Å². The number of carbonyl (C=O) groups excluding carboxylic acids is 1. The molecule has 0 radical (unpaired) electrons. The molecule has 0 unspecified atom stereocenters. The van der Waals surface area contributed by atoms with Gasteiger partial charge in [0.15, 0.2) is 0 Å². The maximum absolute atomic E-state index is 11.0. The standard InChI is InChI=1S/C9H15NO3/c1-4-5-13-10-9(12)6-8(11)7(2)3/h4,8,11H,1-2,5-6H2,3H3,(H,10,12)/t8-/m0/s1. The maximum Gasteiger partial charge on any atom is 0.246 e. The Balaban J connectivity index is 3.61. The Hall–Kier alpha value is -1.13. The summed E-state index contributed by atoms with van der Waals surface area (Å²) < 4.78 is 0. The van der Waals surface area contributed by atoms with Gasteiger partial charge < -0.3 is 5.11 Å². The van der Waals surface area contributed by atoms with Crippen molar-refractivity contribution in [1.82, 2.24) is 5.48 Å². The first kappa shape index (κ1) is 11.9. The minimum atomic E-state index is -0.813. The van der Waals surface area contributed by atoms with Crippen LogP contribution in [0.1, 0.15) is 13.3 Å². The van der Waals surface area contributed by atoms with E-state index in [1.807, 2.05) is 0 Å². The normalized spacial score (nSPS) is 11.8. The average Bonchev–Trinajstić information content (AvgIpc) is 2.04. The van der Waals surface area contributed by atoms with E-state index in [-0.39, 0.29) is 18.9 Å². The summed E-state index contributed by atoms with van der Waals surface area (Å²) in [6.45, 7) is 8.82. The zero-order valence-electron chi connectivity index (χ0n) is 7.75. The molecule has 0 aliphatic rings. The van der Waals surface area contributed by atoms with Crippen LogP contribution in [-0.2, 0) is 9.63 Å². The Bertz CT molecular complexity index is 201. The Morgan fingerprint density at radius 3 is 2.85 bits per heavy atom. The molecule has 74 valence electrons. The fourth-order valence-electron chi connectivity index (χ4n) is 0.573. The van der Waals surface area contributed by atoms with Crippen LogP contribution in [0.2, 0.25) is 0 Å². The van der Waals surface area contributed by atoms with E-state index in [9.17, 15) is 9.90 Å². The van der Waals surface area contributed by atoms with Gasteiger partial charge in [-0.2, -0.15) is 0 Å². The topological polar surface area (TPSA) is 58.6 Å². The van der Waals surface area contributed by atoms with Crippen LogP contribution >= 0.6 is 0 Å². The molecule has 0 aromatic rings. The highest BCUT2D eigenvalue weighted by molar-refractivity contribution is 5.75. The fourth-order valence-corrected chi connectivity index (χ4v) is 0.573. The van der Waals surface area contributed by atoms with Crippen LogP contribution in [0, 0.1) is 0 Å². The predicted octanol–water partition coefficient (Wildman–Crippen LogP) is 0.547. The Kier molecular flexibility index (Phi) is 5.84. The molecule has 0 spiro atoms. The molecule has 0 aromatic carbocycles. The molecule has 0 saturated heterocycles. The summed E-state index contributed by atoms with van der Waals surface area (Å²) in [6.07, 6.45) is 0.661. The second-order valence-corrected chi connectivity index (χ2v) is 2.69. The van der Waals surface area contributed by atoms with E-state index in [2.05, 4.69) is 23.5 Å². The van der Waals surface area contributed by atoms with Crippen molar-refractivity contribution < 1.29 is 14.7 Å². The Morgan fingerprint density at radius 1 is 1.77 bits per heavy atom. The zero-order valence-corrected chi connectivity index (χ0v) is 7.75. The van der Waals surface area contributed by atoms with Crippen LogP contribution in [0.25, 0.3) is 0 Å². The zero-order chi connectivity index (χ0) is 10.3. The van der Waals surface area contributed by atoms with Crippen molar-refractivity contribution in [3.8, 4) is 0 Å². The molecule has 0 fully saturated rings. The van der Waals surface area contributed by atoms with Gasteiger partial charge in [0.25, 0.3) is 0 Å². The highest BCUT2D eigenvalue weighted by Crippen LogP contribution is 2.01. The second kappa shape index (κ2) is 6.39. The van der Waals surface area contributed by atoms with Crippen molar-refractivity contribution in [2.75, 3.05) is 6.61 Å². The van der Waals surface area contributed by atoms with Crippen molar-refractivity contribution in [3.63, 3.8) is 0 Å². The molecule has 0 saturated carbocycles. The van der Waals surface area contributed by atoms with Crippen LogP contribution in [0.3, 0.4) is 0 Å². The molecule has 13 heavy (non-hydrogen) atoms. The molecule has 0 aromatic heterocycles. The first-order valence-electron chi connectivity index (χ1n) is 3.93. The van der Waals surface area contributed by atoms with E-state index in [0.717, 1.165) is 0 Å². The average molecular weight is 185 g/mol. The summed E-state index contributed by atoms with van der Waals surface area (Å²) in [5.74, 6) is -0.377. The number of aliphatic hydroxyl groups is 1. The Morgan fingerprint density at radius 2 is 2.38 bits per heavy atom. The van der Waals surface area contributed by atoms with E-state index in [4.69, 9.17) is 0 Å². The number of hydrogen-bond donors (Lipinski definition) is 2. The molecule has 2 N–H and O–H groups in total. The molecular formula is C9H15NO3. The molecule has 0 aliphatic heterocycles. The molecule has 1 amide bonds. The number of hydroxylamine groups is 1. The summed E-state index contributed by atoms with van der Waals surface area (Å²) in [5, 5.41) is 9.22. The number of hydrogen-bond acceptors (Lipinski definition) is 3. The van der Waals surface area contributed by atoms with Gasteiger partial charge in [0, 0.05) is 0 Å². The maximum atomic E-state index is 11.0. The van der Waals surface area contributed by atoms with Crippen LogP contribution < -0.4 is 5.48 Å². The first-order valence-corrected chi connectivity index (χ1v) is 3.93. The SMILES string of the molecule is C=CCONC(=O)C[C@H](O)C(=C)C. The lowest BCUT2D eigenvalue weighted by molar-refractivity contribution is -0.134. The summed E-state index contributed by atoms with van der Waals surface area (Å²) in [4.78, 5) is 15.6. The molecule has 0 aliphatic carbocycles. The summed E-state index contributed by atoms with van der Waals surface area (Å²) in [5.41, 5.74) is 2.71. The second-order valence-electron chi connectivity index (χ2n) is 2.69. The minimum Gasteiger partial charge on any atom is -0.388 e. The lowest BCUT2D eigenvalue weighted by atomic mass is 10.1. The van der Waals surface area contributed by atoms with E-state index in [1.165, 1.54) is 6.08 Å². The van der Waals surface area contributed by atoms with Crippen molar-refractivity contribution in [1.29, 1.82) is 0 Å². The fraction of sp³-hybridized carbons (Fsp3) is 0.444. The molecular weight excluding hydrogens is 170 g/mol. The van der Waals surface area contributed by atoms with Crippen LogP contribution in [0.5, 0.6) is 0 Å². The highest BCUT2D eigenvalue weighted by atomic mass is 16.6. The third-order valence-corrected chi connectivity index (χ3v) is 1.33. The molecule has 4 nitrogen and oxygen atoms in total. The van der Waals surface area contributed by atoms with E-state index in [0.29, 0.717) is 5.57 Å². The van der Waals surface area contributed by atoms with Gasteiger partial charge in [-0.1, -0.05) is 18.2 Å². The van der Waals surface area contributed by atoms with Crippen LogP contribution in [0.15, 0.2) is 24.8 Å². The lowest BCUT2D eigenvalue weighted by Gasteiger charge is -2.09. The summed E-state index contributed by atoms with van der Waals surface area (Å²) in [7, 11) is 0. The van der Waals surface area contributed by atoms with E-state index in [1.54, 1.807) is 6.92 Å². The summed E-state index contributed by atoms with van der Waals surface area (Å²) >= 11 is 0. The first-order chi connectivity index (χ1) is 6.07. The van der Waals surface area contributed by atoms with Crippen molar-refractivity contribution >= 4 is 5.91 Å². The molecule has 0 rings (SSSR count). The largest absolute Gasteiger partial charge is 0.388 e. The number of nitrogens with one attached hydrogen (secondary N) is 1.